The SMILES string of the molecule is CCC(C)S(=O)(=O)NC(=O)c1cscn1. The van der Waals surface area contributed by atoms with Gasteiger partial charge in [0.05, 0.1) is 10.8 Å². The summed E-state index contributed by atoms with van der Waals surface area (Å²) in [7, 11) is -3.57. The molecule has 1 amide bonds. The Bertz CT molecular complexity index is 425. The Balaban J connectivity index is 2.75. The second kappa shape index (κ2) is 4.71. The molecule has 0 saturated carbocycles. The normalized spacial score (nSPS) is 13.5. The van der Waals surface area contributed by atoms with Crippen molar-refractivity contribution in [2.75, 3.05) is 0 Å². The second-order valence-corrected chi connectivity index (χ2v) is 5.89. The number of carbonyl (C=O) groups is 1. The summed E-state index contributed by atoms with van der Waals surface area (Å²) >= 11 is 1.24. The average molecular weight is 248 g/mol. The van der Waals surface area contributed by atoms with Crippen LogP contribution < -0.4 is 4.72 Å². The zero-order chi connectivity index (χ0) is 11.5. The summed E-state index contributed by atoms with van der Waals surface area (Å²) in [6, 6.07) is 0. The van der Waals surface area contributed by atoms with Gasteiger partial charge in [0, 0.05) is 5.38 Å². The maximum atomic E-state index is 11.5. The van der Waals surface area contributed by atoms with Crippen LogP contribution in [0.3, 0.4) is 0 Å². The molecule has 15 heavy (non-hydrogen) atoms. The maximum absolute atomic E-state index is 11.5. The van der Waals surface area contributed by atoms with Gasteiger partial charge in [0.15, 0.2) is 0 Å². The number of sulfonamides is 1. The molecule has 0 bridgehead atoms. The fourth-order valence-electron chi connectivity index (χ4n) is 0.826. The van der Waals surface area contributed by atoms with Crippen LogP contribution in [0.4, 0.5) is 0 Å². The highest BCUT2D eigenvalue weighted by molar-refractivity contribution is 7.90. The van der Waals surface area contributed by atoms with Gasteiger partial charge in [-0.2, -0.15) is 0 Å². The maximum Gasteiger partial charge on any atom is 0.284 e. The molecule has 0 spiro atoms. The lowest BCUT2D eigenvalue weighted by molar-refractivity contribution is 0.0977. The molecule has 5 nitrogen and oxygen atoms in total. The highest BCUT2D eigenvalue weighted by atomic mass is 32.2. The standard InChI is InChI=1S/C8H12N2O3S2/c1-3-6(2)15(12,13)10-8(11)7-4-14-5-9-7/h4-6H,3H2,1-2H3,(H,10,11). The minimum Gasteiger partial charge on any atom is -0.266 e. The molecule has 0 aliphatic heterocycles. The molecule has 0 aromatic carbocycles. The molecule has 0 fully saturated rings. The molecular weight excluding hydrogens is 236 g/mol. The van der Waals surface area contributed by atoms with Gasteiger partial charge in [-0.05, 0) is 13.3 Å². The van der Waals surface area contributed by atoms with Crippen molar-refractivity contribution in [3.05, 3.63) is 16.6 Å². The van der Waals surface area contributed by atoms with Gasteiger partial charge in [0.25, 0.3) is 5.91 Å². The van der Waals surface area contributed by atoms with Gasteiger partial charge >= 0.3 is 0 Å². The first-order chi connectivity index (χ1) is 6.97. The Hall–Kier alpha value is -0.950. The molecule has 1 aromatic rings. The van der Waals surface area contributed by atoms with Crippen molar-refractivity contribution in [1.29, 1.82) is 0 Å². The smallest absolute Gasteiger partial charge is 0.266 e. The number of aromatic nitrogens is 1. The number of carbonyl (C=O) groups excluding carboxylic acids is 1. The molecule has 1 rings (SSSR count). The number of hydrogen-bond donors (Lipinski definition) is 1. The fourth-order valence-corrected chi connectivity index (χ4v) is 2.36. The highest BCUT2D eigenvalue weighted by Gasteiger charge is 2.22. The average Bonchev–Trinajstić information content (AvgIpc) is 2.68. The van der Waals surface area contributed by atoms with Gasteiger partial charge in [0.1, 0.15) is 5.69 Å². The number of hydrogen-bond acceptors (Lipinski definition) is 5. The van der Waals surface area contributed by atoms with E-state index in [1.807, 2.05) is 4.72 Å². The third kappa shape index (κ3) is 3.00. The lowest BCUT2D eigenvalue weighted by atomic mass is 10.4. The Morgan fingerprint density at radius 2 is 2.33 bits per heavy atom. The number of nitrogens with one attached hydrogen (secondary N) is 1. The van der Waals surface area contributed by atoms with Gasteiger partial charge in [0.2, 0.25) is 10.0 Å². The second-order valence-electron chi connectivity index (χ2n) is 3.07. The van der Waals surface area contributed by atoms with Crippen molar-refractivity contribution < 1.29 is 13.2 Å². The van der Waals surface area contributed by atoms with Crippen molar-refractivity contribution in [3.63, 3.8) is 0 Å². The molecule has 1 unspecified atom stereocenters. The van der Waals surface area contributed by atoms with E-state index < -0.39 is 21.2 Å². The summed E-state index contributed by atoms with van der Waals surface area (Å²) in [6.45, 7) is 3.30. The van der Waals surface area contributed by atoms with E-state index in [0.717, 1.165) is 0 Å². The Morgan fingerprint density at radius 1 is 1.67 bits per heavy atom. The third-order valence-electron chi connectivity index (χ3n) is 2.00. The number of nitrogens with zero attached hydrogens (tertiary/aromatic N) is 1. The Kier molecular flexibility index (Phi) is 3.81. The molecule has 1 heterocycles. The van der Waals surface area contributed by atoms with E-state index in [1.165, 1.54) is 22.2 Å². The van der Waals surface area contributed by atoms with Gasteiger partial charge in [-0.3, -0.25) is 4.79 Å². The van der Waals surface area contributed by atoms with E-state index in [1.54, 1.807) is 13.8 Å². The van der Waals surface area contributed by atoms with E-state index in [4.69, 9.17) is 0 Å². The lowest BCUT2D eigenvalue weighted by Crippen LogP contribution is -2.36. The molecule has 0 aliphatic carbocycles. The van der Waals surface area contributed by atoms with Crippen LogP contribution in [-0.2, 0) is 10.0 Å². The summed E-state index contributed by atoms with van der Waals surface area (Å²) in [5.41, 5.74) is 1.61. The third-order valence-corrected chi connectivity index (χ3v) is 4.45. The first-order valence-electron chi connectivity index (χ1n) is 4.41. The van der Waals surface area contributed by atoms with Gasteiger partial charge in [-0.25, -0.2) is 18.1 Å². The summed E-state index contributed by atoms with van der Waals surface area (Å²) in [5, 5.41) is 0.918. The van der Waals surface area contributed by atoms with E-state index in [-0.39, 0.29) is 5.69 Å². The summed E-state index contributed by atoms with van der Waals surface area (Å²) < 4.78 is 25.0. The molecule has 1 N–H and O–H groups in total. The summed E-state index contributed by atoms with van der Waals surface area (Å²) in [5.74, 6) is -0.670. The van der Waals surface area contributed by atoms with Crippen molar-refractivity contribution in [1.82, 2.24) is 9.71 Å². The summed E-state index contributed by atoms with van der Waals surface area (Å²) in [4.78, 5) is 15.1. The fraction of sp³-hybridized carbons (Fsp3) is 0.500. The van der Waals surface area contributed by atoms with Crippen LogP contribution in [0.2, 0.25) is 0 Å². The van der Waals surface area contributed by atoms with Crippen molar-refractivity contribution in [3.8, 4) is 0 Å². The van der Waals surface area contributed by atoms with Crippen LogP contribution >= 0.6 is 11.3 Å². The first kappa shape index (κ1) is 12.1. The molecule has 0 radical (unpaired) electrons. The van der Waals surface area contributed by atoms with Gasteiger partial charge in [-0.15, -0.1) is 11.3 Å². The van der Waals surface area contributed by atoms with E-state index >= 15 is 0 Å². The number of amides is 1. The molecule has 7 heteroatoms. The van der Waals surface area contributed by atoms with Crippen LogP contribution in [0, 0.1) is 0 Å². The predicted molar refractivity (Wildman–Crippen MR) is 58.3 cm³/mol. The molecule has 1 atom stereocenters. The Labute approximate surface area is 92.6 Å². The van der Waals surface area contributed by atoms with Crippen molar-refractivity contribution in [2.24, 2.45) is 0 Å². The highest BCUT2D eigenvalue weighted by Crippen LogP contribution is 2.05. The van der Waals surface area contributed by atoms with Crippen LogP contribution in [0.5, 0.6) is 0 Å². The summed E-state index contributed by atoms with van der Waals surface area (Å²) in [6.07, 6.45) is 0.458. The predicted octanol–water partition coefficient (Wildman–Crippen LogP) is 1.00. The van der Waals surface area contributed by atoms with Gasteiger partial charge < -0.3 is 0 Å². The number of rotatable bonds is 4. The monoisotopic (exact) mass is 248 g/mol. The van der Waals surface area contributed by atoms with Crippen LogP contribution in [0.25, 0.3) is 0 Å². The van der Waals surface area contributed by atoms with Crippen molar-refractivity contribution >= 4 is 27.3 Å². The lowest BCUT2D eigenvalue weighted by Gasteiger charge is -2.10. The van der Waals surface area contributed by atoms with E-state index in [0.29, 0.717) is 6.42 Å². The van der Waals surface area contributed by atoms with Crippen LogP contribution in [0.1, 0.15) is 30.8 Å². The minimum atomic E-state index is -3.57. The van der Waals surface area contributed by atoms with Gasteiger partial charge in [-0.1, -0.05) is 6.92 Å². The van der Waals surface area contributed by atoms with Crippen LogP contribution in [-0.4, -0.2) is 24.6 Å². The minimum absolute atomic E-state index is 0.131. The van der Waals surface area contributed by atoms with E-state index in [9.17, 15) is 13.2 Å². The topological polar surface area (TPSA) is 76.1 Å². The quantitative estimate of drug-likeness (QED) is 0.862. The molecule has 0 aliphatic rings. The molecular formula is C8H12N2O3S2. The number of thiazole rings is 1. The molecule has 0 saturated heterocycles. The molecule has 1 aromatic heterocycles. The zero-order valence-electron chi connectivity index (χ0n) is 8.43. The first-order valence-corrected chi connectivity index (χ1v) is 6.90. The van der Waals surface area contributed by atoms with Crippen molar-refractivity contribution in [2.45, 2.75) is 25.5 Å². The Morgan fingerprint density at radius 3 is 2.80 bits per heavy atom. The van der Waals surface area contributed by atoms with Crippen LogP contribution in [0.15, 0.2) is 10.9 Å². The largest absolute Gasteiger partial charge is 0.284 e. The zero-order valence-corrected chi connectivity index (χ0v) is 10.1. The van der Waals surface area contributed by atoms with E-state index in [2.05, 4.69) is 4.98 Å². The molecule has 84 valence electrons.